The summed E-state index contributed by atoms with van der Waals surface area (Å²) in [7, 11) is 0. The molecule has 1 amide bonds. The Hall–Kier alpha value is -1.72. The second-order valence-electron chi connectivity index (χ2n) is 6.27. The molecule has 2 heterocycles. The fourth-order valence-electron chi connectivity index (χ4n) is 2.92. The maximum atomic E-state index is 12.1. The molecule has 4 nitrogen and oxygen atoms in total. The number of rotatable bonds is 4. The molecular weight excluding hydrogens is 306 g/mol. The lowest BCUT2D eigenvalue weighted by molar-refractivity contribution is -0.117. The molecule has 1 aliphatic rings. The quantitative estimate of drug-likeness (QED) is 0.876. The van der Waals surface area contributed by atoms with Gasteiger partial charge in [-0.1, -0.05) is 12.1 Å². The van der Waals surface area contributed by atoms with Crippen LogP contribution in [0.4, 0.5) is 0 Å². The first kappa shape index (κ1) is 16.1. The summed E-state index contributed by atoms with van der Waals surface area (Å²) >= 11 is 1.60. The Balaban J connectivity index is 1.53. The van der Waals surface area contributed by atoms with E-state index in [1.807, 2.05) is 30.3 Å². The lowest BCUT2D eigenvalue weighted by Crippen LogP contribution is -2.46. The van der Waals surface area contributed by atoms with Gasteiger partial charge in [-0.05, 0) is 44.9 Å². The number of hydrogen-bond acceptors (Lipinski definition) is 4. The molecule has 1 aromatic heterocycles. The normalized spacial score (nSPS) is 17.3. The number of nitrogens with one attached hydrogen (secondary N) is 1. The average molecular weight is 329 g/mol. The summed E-state index contributed by atoms with van der Waals surface area (Å²) in [6.45, 7) is 6.56. The molecule has 23 heavy (non-hydrogen) atoms. The lowest BCUT2D eigenvalue weighted by Gasteiger charge is -2.34. The van der Waals surface area contributed by atoms with Crippen molar-refractivity contribution in [2.75, 3.05) is 13.1 Å². The number of hydrogen-bond donors (Lipinski definition) is 1. The first-order chi connectivity index (χ1) is 11.1. The van der Waals surface area contributed by atoms with Crippen molar-refractivity contribution >= 4 is 33.5 Å². The molecule has 122 valence electrons. The number of likely N-dealkylation sites (tertiary alicyclic amines) is 1. The third kappa shape index (κ3) is 4.18. The number of aromatic nitrogens is 1. The summed E-state index contributed by atoms with van der Waals surface area (Å²) in [5.74, 6) is -0.0211. The number of piperidine rings is 1. The molecule has 1 aliphatic heterocycles. The van der Waals surface area contributed by atoms with E-state index in [0.29, 0.717) is 6.04 Å². The van der Waals surface area contributed by atoms with Crippen molar-refractivity contribution in [3.8, 4) is 0 Å². The topological polar surface area (TPSA) is 45.2 Å². The summed E-state index contributed by atoms with van der Waals surface area (Å²) in [5.41, 5.74) is 0.985. The zero-order chi connectivity index (χ0) is 16.2. The van der Waals surface area contributed by atoms with Gasteiger partial charge in [-0.2, -0.15) is 0 Å². The SMILES string of the molecule is CC(C)N1CCC(NC(=O)C=Cc2nc3ccccc3s2)CC1. The third-order valence-electron chi connectivity index (χ3n) is 4.29. The van der Waals surface area contributed by atoms with Crippen LogP contribution in [0.25, 0.3) is 16.3 Å². The Morgan fingerprint density at radius 3 is 2.78 bits per heavy atom. The van der Waals surface area contributed by atoms with Gasteiger partial charge in [0.25, 0.3) is 0 Å². The monoisotopic (exact) mass is 329 g/mol. The van der Waals surface area contributed by atoms with Gasteiger partial charge < -0.3 is 10.2 Å². The molecule has 1 fully saturated rings. The van der Waals surface area contributed by atoms with Crippen LogP contribution in [0.15, 0.2) is 30.3 Å². The Bertz CT molecular complexity index is 666. The minimum atomic E-state index is -0.0211. The number of nitrogens with zero attached hydrogens (tertiary/aromatic N) is 2. The molecule has 0 radical (unpaired) electrons. The van der Waals surface area contributed by atoms with Crippen LogP contribution in [-0.2, 0) is 4.79 Å². The average Bonchev–Trinajstić information content (AvgIpc) is 2.96. The van der Waals surface area contributed by atoms with Gasteiger partial charge >= 0.3 is 0 Å². The van der Waals surface area contributed by atoms with Gasteiger partial charge in [0.05, 0.1) is 10.2 Å². The number of thiazole rings is 1. The van der Waals surface area contributed by atoms with Crippen molar-refractivity contribution < 1.29 is 4.79 Å². The number of para-hydroxylation sites is 1. The molecule has 2 aromatic rings. The maximum absolute atomic E-state index is 12.1. The Morgan fingerprint density at radius 2 is 2.09 bits per heavy atom. The summed E-state index contributed by atoms with van der Waals surface area (Å²) in [6, 6.07) is 8.90. The molecule has 0 unspecified atom stereocenters. The van der Waals surface area contributed by atoms with Crippen LogP contribution < -0.4 is 5.32 Å². The Labute approximate surface area is 141 Å². The summed E-state index contributed by atoms with van der Waals surface area (Å²) in [4.78, 5) is 19.0. The van der Waals surface area contributed by atoms with Gasteiger partial charge in [-0.25, -0.2) is 4.98 Å². The van der Waals surface area contributed by atoms with Crippen LogP contribution in [0.1, 0.15) is 31.7 Å². The third-order valence-corrected chi connectivity index (χ3v) is 5.30. The molecule has 0 spiro atoms. The van der Waals surface area contributed by atoms with Crippen LogP contribution in [0, 0.1) is 0 Å². The van der Waals surface area contributed by atoms with E-state index in [1.54, 1.807) is 17.4 Å². The van der Waals surface area contributed by atoms with E-state index in [4.69, 9.17) is 0 Å². The largest absolute Gasteiger partial charge is 0.350 e. The first-order valence-electron chi connectivity index (χ1n) is 8.20. The summed E-state index contributed by atoms with van der Waals surface area (Å²) in [6.07, 6.45) is 5.47. The second-order valence-corrected chi connectivity index (χ2v) is 7.33. The zero-order valence-corrected chi connectivity index (χ0v) is 14.5. The highest BCUT2D eigenvalue weighted by Gasteiger charge is 2.21. The van der Waals surface area contributed by atoms with Crippen LogP contribution in [-0.4, -0.2) is 41.0 Å². The number of carbonyl (C=O) groups is 1. The smallest absolute Gasteiger partial charge is 0.244 e. The van der Waals surface area contributed by atoms with Crippen LogP contribution in [0.2, 0.25) is 0 Å². The number of carbonyl (C=O) groups excluding carboxylic acids is 1. The molecule has 3 rings (SSSR count). The van der Waals surface area contributed by atoms with Gasteiger partial charge in [0.1, 0.15) is 5.01 Å². The molecule has 1 aromatic carbocycles. The van der Waals surface area contributed by atoms with E-state index >= 15 is 0 Å². The minimum absolute atomic E-state index is 0.0211. The fourth-order valence-corrected chi connectivity index (χ4v) is 3.79. The van der Waals surface area contributed by atoms with Crippen molar-refractivity contribution in [3.05, 3.63) is 35.3 Å². The maximum Gasteiger partial charge on any atom is 0.244 e. The van der Waals surface area contributed by atoms with E-state index in [0.717, 1.165) is 41.2 Å². The van der Waals surface area contributed by atoms with Crippen LogP contribution in [0.3, 0.4) is 0 Å². The summed E-state index contributed by atoms with van der Waals surface area (Å²) in [5, 5.41) is 3.98. The molecule has 0 atom stereocenters. The molecule has 1 N–H and O–H groups in total. The lowest BCUT2D eigenvalue weighted by atomic mass is 10.0. The van der Waals surface area contributed by atoms with E-state index in [2.05, 4.69) is 29.0 Å². The molecule has 0 aliphatic carbocycles. The van der Waals surface area contributed by atoms with Gasteiger partial charge in [0, 0.05) is 31.2 Å². The van der Waals surface area contributed by atoms with Gasteiger partial charge in [0.15, 0.2) is 0 Å². The van der Waals surface area contributed by atoms with Crippen molar-refractivity contribution in [3.63, 3.8) is 0 Å². The summed E-state index contributed by atoms with van der Waals surface area (Å²) < 4.78 is 1.15. The van der Waals surface area contributed by atoms with E-state index in [-0.39, 0.29) is 11.9 Å². The first-order valence-corrected chi connectivity index (χ1v) is 9.01. The standard InChI is InChI=1S/C18H23N3OS/c1-13(2)21-11-9-14(10-12-21)19-17(22)7-8-18-20-15-5-3-4-6-16(15)23-18/h3-8,13-14H,9-12H2,1-2H3,(H,19,22). The predicted molar refractivity (Wildman–Crippen MR) is 96.5 cm³/mol. The van der Waals surface area contributed by atoms with E-state index in [1.165, 1.54) is 0 Å². The minimum Gasteiger partial charge on any atom is -0.350 e. The molecule has 0 bridgehead atoms. The Morgan fingerprint density at radius 1 is 1.35 bits per heavy atom. The van der Waals surface area contributed by atoms with Crippen molar-refractivity contribution in [2.24, 2.45) is 0 Å². The Kier molecular flexibility index (Phi) is 5.08. The predicted octanol–water partition coefficient (Wildman–Crippen LogP) is 3.30. The van der Waals surface area contributed by atoms with Crippen molar-refractivity contribution in [1.29, 1.82) is 0 Å². The van der Waals surface area contributed by atoms with E-state index < -0.39 is 0 Å². The number of amides is 1. The van der Waals surface area contributed by atoms with E-state index in [9.17, 15) is 4.79 Å². The highest BCUT2D eigenvalue weighted by molar-refractivity contribution is 7.19. The van der Waals surface area contributed by atoms with Crippen molar-refractivity contribution in [2.45, 2.75) is 38.8 Å². The highest BCUT2D eigenvalue weighted by Crippen LogP contribution is 2.22. The second kappa shape index (κ2) is 7.23. The molecule has 1 saturated heterocycles. The number of fused-ring (bicyclic) bond motifs is 1. The zero-order valence-electron chi connectivity index (χ0n) is 13.7. The van der Waals surface area contributed by atoms with Crippen LogP contribution >= 0.6 is 11.3 Å². The number of benzene rings is 1. The van der Waals surface area contributed by atoms with Crippen molar-refractivity contribution in [1.82, 2.24) is 15.2 Å². The van der Waals surface area contributed by atoms with Gasteiger partial charge in [-0.15, -0.1) is 11.3 Å². The highest BCUT2D eigenvalue weighted by atomic mass is 32.1. The fraction of sp³-hybridized carbons (Fsp3) is 0.444. The molecule has 0 saturated carbocycles. The molecule has 5 heteroatoms. The van der Waals surface area contributed by atoms with Crippen LogP contribution in [0.5, 0.6) is 0 Å². The van der Waals surface area contributed by atoms with Gasteiger partial charge in [-0.3, -0.25) is 4.79 Å². The molecular formula is C18H23N3OS. The van der Waals surface area contributed by atoms with Gasteiger partial charge in [0.2, 0.25) is 5.91 Å².